The lowest BCUT2D eigenvalue weighted by molar-refractivity contribution is -0.142. The lowest BCUT2D eigenvalue weighted by Gasteiger charge is -2.18. The zero-order valence-electron chi connectivity index (χ0n) is 15.4. The predicted octanol–water partition coefficient (Wildman–Crippen LogP) is 2.90. The summed E-state index contributed by atoms with van der Waals surface area (Å²) in [5.74, 6) is 1.42. The molecule has 0 fully saturated rings. The van der Waals surface area contributed by atoms with E-state index in [2.05, 4.69) is 15.6 Å². The Bertz CT molecular complexity index is 524. The van der Waals surface area contributed by atoms with Crippen molar-refractivity contribution in [2.45, 2.75) is 19.5 Å². The molecule has 26 heavy (non-hydrogen) atoms. The van der Waals surface area contributed by atoms with Crippen molar-refractivity contribution in [3.8, 4) is 5.75 Å². The number of aliphatic imine (C=N–C) groups is 1. The first-order chi connectivity index (χ1) is 11.8. The van der Waals surface area contributed by atoms with Crippen LogP contribution in [0.2, 0.25) is 0 Å². The Hall–Kier alpha value is -1.23. The summed E-state index contributed by atoms with van der Waals surface area (Å²) < 4.78 is 42.0. The number of hydrogen-bond acceptors (Lipinski definition) is 3. The van der Waals surface area contributed by atoms with E-state index in [0.717, 1.165) is 17.7 Å². The first kappa shape index (κ1) is 24.8. The van der Waals surface area contributed by atoms with Crippen molar-refractivity contribution in [3.63, 3.8) is 0 Å². The van der Waals surface area contributed by atoms with Crippen LogP contribution in [0.3, 0.4) is 0 Å². The van der Waals surface area contributed by atoms with Crippen LogP contribution in [-0.4, -0.2) is 63.9 Å². The molecule has 0 amide bonds. The van der Waals surface area contributed by atoms with Gasteiger partial charge in [0.05, 0.1) is 20.2 Å². The number of nitrogens with zero attached hydrogens (tertiary/aromatic N) is 2. The molecule has 0 aliphatic heterocycles. The highest BCUT2D eigenvalue weighted by molar-refractivity contribution is 14.0. The van der Waals surface area contributed by atoms with Crippen molar-refractivity contribution < 1.29 is 17.9 Å². The largest absolute Gasteiger partial charge is 0.497 e. The minimum atomic E-state index is -4.18. The maximum atomic E-state index is 12.3. The summed E-state index contributed by atoms with van der Waals surface area (Å²) in [7, 11) is 3.06. The highest BCUT2D eigenvalue weighted by Gasteiger charge is 2.28. The number of benzene rings is 1. The predicted molar refractivity (Wildman–Crippen MR) is 110 cm³/mol. The van der Waals surface area contributed by atoms with Crippen LogP contribution in [0.1, 0.15) is 12.5 Å². The zero-order valence-corrected chi connectivity index (χ0v) is 17.7. The van der Waals surface area contributed by atoms with Gasteiger partial charge in [-0.25, -0.2) is 0 Å². The topological polar surface area (TPSA) is 48.9 Å². The van der Waals surface area contributed by atoms with Crippen LogP contribution in [-0.2, 0) is 6.42 Å². The van der Waals surface area contributed by atoms with Gasteiger partial charge in [-0.05, 0) is 38.1 Å². The summed E-state index contributed by atoms with van der Waals surface area (Å²) in [5.41, 5.74) is 1.16. The van der Waals surface area contributed by atoms with E-state index in [1.54, 1.807) is 7.11 Å². The summed E-state index contributed by atoms with van der Waals surface area (Å²) in [6.45, 7) is 2.92. The van der Waals surface area contributed by atoms with E-state index < -0.39 is 12.7 Å². The summed E-state index contributed by atoms with van der Waals surface area (Å²) in [6, 6.07) is 7.81. The van der Waals surface area contributed by atoms with Crippen molar-refractivity contribution in [1.82, 2.24) is 15.5 Å². The molecule has 0 heterocycles. The number of nitrogens with one attached hydrogen (secondary N) is 2. The monoisotopic (exact) mass is 488 g/mol. The number of likely N-dealkylation sites (N-methyl/N-ethyl adjacent to an activating group) is 1. The molecular formula is C17H28F3IN4O. The van der Waals surface area contributed by atoms with Gasteiger partial charge in [0.2, 0.25) is 0 Å². The van der Waals surface area contributed by atoms with Gasteiger partial charge in [0.1, 0.15) is 5.75 Å². The van der Waals surface area contributed by atoms with E-state index in [1.807, 2.05) is 31.2 Å². The molecule has 5 nitrogen and oxygen atoms in total. The van der Waals surface area contributed by atoms with E-state index in [9.17, 15) is 13.2 Å². The van der Waals surface area contributed by atoms with Crippen LogP contribution < -0.4 is 15.4 Å². The van der Waals surface area contributed by atoms with E-state index in [1.165, 1.54) is 11.9 Å². The summed E-state index contributed by atoms with van der Waals surface area (Å²) in [6.07, 6.45) is -3.37. The molecule has 0 atom stereocenters. The van der Waals surface area contributed by atoms with Gasteiger partial charge < -0.3 is 15.4 Å². The van der Waals surface area contributed by atoms with Crippen molar-refractivity contribution in [1.29, 1.82) is 0 Å². The standard InChI is InChI=1S/C17H27F3N4O.HI/c1-4-21-16(23-11-12-24(2)13-17(18,19)20)22-10-9-14-5-7-15(25-3)8-6-14;/h5-8H,4,9-13H2,1-3H3,(H2,21,22,23);1H. The maximum Gasteiger partial charge on any atom is 0.401 e. The van der Waals surface area contributed by atoms with Crippen LogP contribution in [0.25, 0.3) is 0 Å². The molecule has 0 bridgehead atoms. The molecule has 0 saturated heterocycles. The second kappa shape index (κ2) is 13.0. The first-order valence-corrected chi connectivity index (χ1v) is 8.24. The van der Waals surface area contributed by atoms with Crippen molar-refractivity contribution in [2.24, 2.45) is 4.99 Å². The van der Waals surface area contributed by atoms with Gasteiger partial charge in [0, 0.05) is 19.6 Å². The lowest BCUT2D eigenvalue weighted by Crippen LogP contribution is -2.39. The van der Waals surface area contributed by atoms with Gasteiger partial charge in [-0.3, -0.25) is 9.89 Å². The number of alkyl halides is 3. The van der Waals surface area contributed by atoms with E-state index in [4.69, 9.17) is 4.74 Å². The first-order valence-electron chi connectivity index (χ1n) is 8.24. The van der Waals surface area contributed by atoms with Crippen molar-refractivity contribution in [2.75, 3.05) is 46.9 Å². The number of guanidine groups is 1. The van der Waals surface area contributed by atoms with Gasteiger partial charge in [-0.1, -0.05) is 12.1 Å². The quantitative estimate of drug-likeness (QED) is 0.319. The molecule has 1 aromatic carbocycles. The summed E-state index contributed by atoms with van der Waals surface area (Å²) >= 11 is 0. The molecule has 0 unspecified atom stereocenters. The third-order valence-corrected chi connectivity index (χ3v) is 3.41. The second-order valence-corrected chi connectivity index (χ2v) is 5.64. The van der Waals surface area contributed by atoms with E-state index >= 15 is 0 Å². The Balaban J connectivity index is 0.00000625. The normalized spacial score (nSPS) is 11.9. The molecule has 0 aliphatic carbocycles. The van der Waals surface area contributed by atoms with E-state index in [-0.39, 0.29) is 30.5 Å². The molecule has 0 aliphatic rings. The van der Waals surface area contributed by atoms with Gasteiger partial charge >= 0.3 is 6.18 Å². The molecule has 0 aromatic heterocycles. The summed E-state index contributed by atoms with van der Waals surface area (Å²) in [5, 5.41) is 6.27. The number of rotatable bonds is 9. The lowest BCUT2D eigenvalue weighted by atomic mass is 10.1. The van der Waals surface area contributed by atoms with Crippen molar-refractivity contribution in [3.05, 3.63) is 29.8 Å². The highest BCUT2D eigenvalue weighted by Crippen LogP contribution is 2.15. The van der Waals surface area contributed by atoms with Gasteiger partial charge in [-0.15, -0.1) is 24.0 Å². The van der Waals surface area contributed by atoms with Crippen LogP contribution >= 0.6 is 24.0 Å². The fourth-order valence-corrected chi connectivity index (χ4v) is 2.18. The van der Waals surface area contributed by atoms with E-state index in [0.29, 0.717) is 25.6 Å². The van der Waals surface area contributed by atoms with Crippen LogP contribution in [0.4, 0.5) is 13.2 Å². The Labute approximate surface area is 170 Å². The van der Waals surface area contributed by atoms with Crippen LogP contribution in [0, 0.1) is 0 Å². The van der Waals surface area contributed by atoms with Gasteiger partial charge in [-0.2, -0.15) is 13.2 Å². The molecule has 2 N–H and O–H groups in total. The SMILES string of the molecule is CCNC(=NCCN(C)CC(F)(F)F)NCCc1ccc(OC)cc1.I. The minimum absolute atomic E-state index is 0. The average molecular weight is 488 g/mol. The van der Waals surface area contributed by atoms with Crippen LogP contribution in [0.15, 0.2) is 29.3 Å². The Kier molecular flexibility index (Phi) is 12.4. The molecular weight excluding hydrogens is 460 g/mol. The third-order valence-electron chi connectivity index (χ3n) is 3.41. The van der Waals surface area contributed by atoms with Gasteiger partial charge in [0.25, 0.3) is 0 Å². The molecule has 0 saturated carbocycles. The number of ether oxygens (including phenoxy) is 1. The molecule has 0 spiro atoms. The van der Waals surface area contributed by atoms with Crippen LogP contribution in [0.5, 0.6) is 5.75 Å². The summed E-state index contributed by atoms with van der Waals surface area (Å²) in [4.78, 5) is 5.52. The highest BCUT2D eigenvalue weighted by atomic mass is 127. The zero-order chi connectivity index (χ0) is 18.7. The fraction of sp³-hybridized carbons (Fsp3) is 0.588. The Morgan fingerprint density at radius 2 is 1.85 bits per heavy atom. The Morgan fingerprint density at radius 3 is 2.38 bits per heavy atom. The molecule has 9 heteroatoms. The van der Waals surface area contributed by atoms with Crippen molar-refractivity contribution >= 4 is 29.9 Å². The number of methoxy groups -OCH3 is 1. The minimum Gasteiger partial charge on any atom is -0.497 e. The number of halogens is 4. The average Bonchev–Trinajstić information content (AvgIpc) is 2.54. The number of hydrogen-bond donors (Lipinski definition) is 2. The fourth-order valence-electron chi connectivity index (χ4n) is 2.18. The smallest absolute Gasteiger partial charge is 0.401 e. The molecule has 0 radical (unpaired) electrons. The third kappa shape index (κ3) is 11.4. The molecule has 1 rings (SSSR count). The molecule has 150 valence electrons. The van der Waals surface area contributed by atoms with Gasteiger partial charge in [0.15, 0.2) is 5.96 Å². The molecule has 1 aromatic rings. The maximum absolute atomic E-state index is 12.3. The second-order valence-electron chi connectivity index (χ2n) is 5.64. The Morgan fingerprint density at radius 1 is 1.19 bits per heavy atom.